The predicted molar refractivity (Wildman–Crippen MR) is 101 cm³/mol. The molecule has 3 rings (SSSR count). The molecule has 0 aliphatic carbocycles. The zero-order valence-corrected chi connectivity index (χ0v) is 15.4. The fourth-order valence-electron chi connectivity index (χ4n) is 3.00. The Morgan fingerprint density at radius 1 is 1.16 bits per heavy atom. The van der Waals surface area contributed by atoms with Gasteiger partial charge in [0.2, 0.25) is 11.8 Å². The van der Waals surface area contributed by atoms with Gasteiger partial charge in [-0.15, -0.1) is 0 Å². The fourth-order valence-corrected chi connectivity index (χ4v) is 3.18. The Labute approximate surface area is 152 Å². The number of hydrogen-bond acceptors (Lipinski definition) is 2. The third-order valence-electron chi connectivity index (χ3n) is 4.83. The summed E-state index contributed by atoms with van der Waals surface area (Å²) in [5.41, 5.74) is 4.66. The second-order valence-electron chi connectivity index (χ2n) is 6.58. The van der Waals surface area contributed by atoms with Gasteiger partial charge >= 0.3 is 0 Å². The summed E-state index contributed by atoms with van der Waals surface area (Å²) >= 11 is 6.16. The first kappa shape index (κ1) is 17.5. The predicted octanol–water partition coefficient (Wildman–Crippen LogP) is 4.26. The second-order valence-corrected chi connectivity index (χ2v) is 6.98. The number of carbonyl (C=O) groups excluding carboxylic acids is 2. The summed E-state index contributed by atoms with van der Waals surface area (Å²) in [6.07, 6.45) is 0.211. The summed E-state index contributed by atoms with van der Waals surface area (Å²) in [5, 5.41) is 3.58. The highest BCUT2D eigenvalue weighted by Gasteiger charge is 2.35. The molecule has 0 aromatic heterocycles. The molecule has 1 aliphatic heterocycles. The molecule has 25 heavy (non-hydrogen) atoms. The van der Waals surface area contributed by atoms with E-state index in [-0.39, 0.29) is 24.2 Å². The Kier molecular flexibility index (Phi) is 4.82. The highest BCUT2D eigenvalue weighted by atomic mass is 35.5. The van der Waals surface area contributed by atoms with Gasteiger partial charge in [-0.25, -0.2) is 0 Å². The lowest BCUT2D eigenvalue weighted by Crippen LogP contribution is -2.28. The minimum absolute atomic E-state index is 0.0546. The number of aryl methyl sites for hydroxylation is 2. The van der Waals surface area contributed by atoms with Crippen LogP contribution in [-0.2, 0) is 9.59 Å². The van der Waals surface area contributed by atoms with Crippen molar-refractivity contribution in [2.75, 3.05) is 16.8 Å². The van der Waals surface area contributed by atoms with E-state index >= 15 is 0 Å². The fraction of sp³-hybridized carbons (Fsp3) is 0.300. The van der Waals surface area contributed by atoms with Crippen molar-refractivity contribution in [3.8, 4) is 0 Å². The Balaban J connectivity index is 1.74. The highest BCUT2D eigenvalue weighted by Crippen LogP contribution is 2.29. The normalized spacial score (nSPS) is 17.0. The molecule has 1 N–H and O–H groups in total. The molecular formula is C20H21ClN2O2. The van der Waals surface area contributed by atoms with Crippen molar-refractivity contribution in [3.05, 3.63) is 58.1 Å². The maximum atomic E-state index is 12.6. The maximum Gasteiger partial charge on any atom is 0.229 e. The van der Waals surface area contributed by atoms with Gasteiger partial charge in [-0.3, -0.25) is 9.59 Å². The van der Waals surface area contributed by atoms with Crippen LogP contribution in [0.5, 0.6) is 0 Å². The number of anilines is 2. The molecule has 1 heterocycles. The van der Waals surface area contributed by atoms with Crippen molar-refractivity contribution in [3.63, 3.8) is 0 Å². The molecule has 1 saturated heterocycles. The largest absolute Gasteiger partial charge is 0.326 e. The molecule has 2 aromatic carbocycles. The summed E-state index contributed by atoms with van der Waals surface area (Å²) in [4.78, 5) is 26.6. The van der Waals surface area contributed by atoms with Crippen molar-refractivity contribution in [2.24, 2.45) is 5.92 Å². The molecule has 1 aliphatic rings. The smallest absolute Gasteiger partial charge is 0.229 e. The van der Waals surface area contributed by atoms with E-state index in [1.54, 1.807) is 11.0 Å². The van der Waals surface area contributed by atoms with E-state index in [1.165, 1.54) is 0 Å². The number of nitrogens with one attached hydrogen (secondary N) is 1. The molecule has 2 amide bonds. The van der Waals surface area contributed by atoms with Crippen molar-refractivity contribution < 1.29 is 9.59 Å². The van der Waals surface area contributed by atoms with Gasteiger partial charge in [0, 0.05) is 29.4 Å². The number of amides is 2. The molecule has 0 saturated carbocycles. The maximum absolute atomic E-state index is 12.6. The van der Waals surface area contributed by atoms with Gasteiger partial charge in [-0.2, -0.15) is 0 Å². The van der Waals surface area contributed by atoms with Crippen LogP contribution in [0.2, 0.25) is 5.02 Å². The Hall–Kier alpha value is -2.33. The molecule has 0 bridgehead atoms. The second kappa shape index (κ2) is 6.89. The lowest BCUT2D eigenvalue weighted by molar-refractivity contribution is -0.122. The van der Waals surface area contributed by atoms with Crippen LogP contribution in [0.1, 0.15) is 23.1 Å². The lowest BCUT2D eigenvalue weighted by Gasteiger charge is -2.18. The van der Waals surface area contributed by atoms with Crippen molar-refractivity contribution in [1.82, 2.24) is 0 Å². The number of nitrogens with zero attached hydrogens (tertiary/aromatic N) is 1. The van der Waals surface area contributed by atoms with Gasteiger partial charge in [-0.05, 0) is 55.7 Å². The number of rotatable bonds is 3. The van der Waals surface area contributed by atoms with Crippen molar-refractivity contribution in [2.45, 2.75) is 27.2 Å². The van der Waals surface area contributed by atoms with Gasteiger partial charge in [0.25, 0.3) is 0 Å². The highest BCUT2D eigenvalue weighted by molar-refractivity contribution is 6.31. The molecular weight excluding hydrogens is 336 g/mol. The first-order chi connectivity index (χ1) is 11.9. The number of halogens is 1. The Bertz CT molecular complexity index is 848. The van der Waals surface area contributed by atoms with E-state index in [0.717, 1.165) is 28.1 Å². The average Bonchev–Trinajstić information content (AvgIpc) is 2.96. The topological polar surface area (TPSA) is 49.4 Å². The molecule has 0 spiro atoms. The van der Waals surface area contributed by atoms with Gasteiger partial charge in [-0.1, -0.05) is 29.8 Å². The van der Waals surface area contributed by atoms with Crippen molar-refractivity contribution >= 4 is 34.8 Å². The van der Waals surface area contributed by atoms with Gasteiger partial charge in [0.1, 0.15) is 0 Å². The molecule has 2 aromatic rings. The third-order valence-corrected chi connectivity index (χ3v) is 5.23. The van der Waals surface area contributed by atoms with Crippen LogP contribution >= 0.6 is 11.6 Å². The minimum atomic E-state index is -0.368. The van der Waals surface area contributed by atoms with Crippen LogP contribution in [0.25, 0.3) is 0 Å². The van der Waals surface area contributed by atoms with Crippen LogP contribution in [-0.4, -0.2) is 18.4 Å². The summed E-state index contributed by atoms with van der Waals surface area (Å²) in [6, 6.07) is 11.3. The van der Waals surface area contributed by atoms with E-state index in [1.807, 2.05) is 51.1 Å². The standard InChI is InChI=1S/C20H21ClN2O2/c1-12-5-4-6-18(14(12)3)22-20(25)15-9-19(24)23(11-15)16-8-7-13(2)17(21)10-16/h4-8,10,15H,9,11H2,1-3H3,(H,22,25). The Morgan fingerprint density at radius 3 is 2.64 bits per heavy atom. The first-order valence-corrected chi connectivity index (χ1v) is 8.68. The third kappa shape index (κ3) is 3.54. The summed E-state index contributed by atoms with van der Waals surface area (Å²) in [6.45, 7) is 6.27. The van der Waals surface area contributed by atoms with E-state index in [4.69, 9.17) is 11.6 Å². The van der Waals surface area contributed by atoms with Crippen molar-refractivity contribution in [1.29, 1.82) is 0 Å². The van der Waals surface area contributed by atoms with Crippen LogP contribution in [0.15, 0.2) is 36.4 Å². The molecule has 5 heteroatoms. The van der Waals surface area contributed by atoms with E-state index in [2.05, 4.69) is 5.32 Å². The number of hydrogen-bond donors (Lipinski definition) is 1. The first-order valence-electron chi connectivity index (χ1n) is 8.30. The van der Waals surface area contributed by atoms with Crippen LogP contribution in [0, 0.1) is 26.7 Å². The average molecular weight is 357 g/mol. The van der Waals surface area contributed by atoms with Crippen LogP contribution in [0.3, 0.4) is 0 Å². The Morgan fingerprint density at radius 2 is 1.92 bits per heavy atom. The van der Waals surface area contributed by atoms with Crippen LogP contribution in [0.4, 0.5) is 11.4 Å². The summed E-state index contributed by atoms with van der Waals surface area (Å²) in [7, 11) is 0. The molecule has 130 valence electrons. The van der Waals surface area contributed by atoms with E-state index < -0.39 is 0 Å². The minimum Gasteiger partial charge on any atom is -0.326 e. The number of carbonyl (C=O) groups is 2. The van der Waals surface area contributed by atoms with E-state index in [9.17, 15) is 9.59 Å². The zero-order chi connectivity index (χ0) is 18.1. The number of benzene rings is 2. The molecule has 1 fully saturated rings. The van der Waals surface area contributed by atoms with Crippen LogP contribution < -0.4 is 10.2 Å². The summed E-state index contributed by atoms with van der Waals surface area (Å²) in [5.74, 6) is -0.545. The SMILES string of the molecule is Cc1ccc(N2CC(C(=O)Nc3cccc(C)c3C)CC2=O)cc1Cl. The summed E-state index contributed by atoms with van der Waals surface area (Å²) < 4.78 is 0. The molecule has 4 nitrogen and oxygen atoms in total. The quantitative estimate of drug-likeness (QED) is 0.893. The van der Waals surface area contributed by atoms with Gasteiger partial charge in [0.15, 0.2) is 0 Å². The zero-order valence-electron chi connectivity index (χ0n) is 14.6. The van der Waals surface area contributed by atoms with Gasteiger partial charge < -0.3 is 10.2 Å². The molecule has 0 radical (unpaired) electrons. The van der Waals surface area contributed by atoms with Gasteiger partial charge in [0.05, 0.1) is 5.92 Å². The molecule has 1 atom stereocenters. The molecule has 1 unspecified atom stereocenters. The monoisotopic (exact) mass is 356 g/mol. The van der Waals surface area contributed by atoms with E-state index in [0.29, 0.717) is 11.6 Å². The lowest BCUT2D eigenvalue weighted by atomic mass is 10.1.